The summed E-state index contributed by atoms with van der Waals surface area (Å²) in [4.78, 5) is 14.0. The molecule has 0 aliphatic heterocycles. The Bertz CT molecular complexity index is 729. The van der Waals surface area contributed by atoms with E-state index in [9.17, 15) is 23.1 Å². The van der Waals surface area contributed by atoms with E-state index in [1.54, 1.807) is 24.3 Å². The fraction of sp³-hybridized carbons (Fsp3) is 0.278. The summed E-state index contributed by atoms with van der Waals surface area (Å²) in [6, 6.07) is 11.8. The Labute approximate surface area is 149 Å². The van der Waals surface area contributed by atoms with Crippen LogP contribution in [0.1, 0.15) is 22.0 Å². The number of anilines is 1. The Hall–Kier alpha value is -2.74. The van der Waals surface area contributed by atoms with Gasteiger partial charge in [0.1, 0.15) is 5.75 Å². The second-order valence-corrected chi connectivity index (χ2v) is 5.78. The maximum atomic E-state index is 12.1. The number of nitrogens with zero attached hydrogens (tertiary/aromatic N) is 1. The van der Waals surface area contributed by atoms with Gasteiger partial charge in [-0.05, 0) is 42.0 Å². The van der Waals surface area contributed by atoms with Gasteiger partial charge in [-0.25, -0.2) is 0 Å². The van der Waals surface area contributed by atoms with Gasteiger partial charge in [0.2, 0.25) is 0 Å². The Morgan fingerprint density at radius 2 is 1.69 bits per heavy atom. The molecule has 26 heavy (non-hydrogen) atoms. The van der Waals surface area contributed by atoms with Crippen molar-refractivity contribution < 1.29 is 27.8 Å². The number of aliphatic hydroxyl groups excluding tert-OH is 1. The van der Waals surface area contributed by atoms with Gasteiger partial charge in [0.25, 0.3) is 5.91 Å². The van der Waals surface area contributed by atoms with Crippen LogP contribution in [-0.4, -0.2) is 38.0 Å². The van der Waals surface area contributed by atoms with Crippen molar-refractivity contribution in [3.8, 4) is 5.75 Å². The summed E-state index contributed by atoms with van der Waals surface area (Å²) in [6.07, 6.45) is -5.82. The zero-order chi connectivity index (χ0) is 19.3. The Morgan fingerprint density at radius 3 is 2.19 bits per heavy atom. The highest BCUT2D eigenvalue weighted by Crippen LogP contribution is 2.24. The third kappa shape index (κ3) is 5.66. The summed E-state index contributed by atoms with van der Waals surface area (Å²) in [5, 5.41) is 12.7. The van der Waals surface area contributed by atoms with Crippen molar-refractivity contribution in [2.24, 2.45) is 0 Å². The number of nitrogens with one attached hydrogen (secondary N) is 1. The maximum absolute atomic E-state index is 12.1. The summed E-state index contributed by atoms with van der Waals surface area (Å²) < 4.78 is 40.1. The summed E-state index contributed by atoms with van der Waals surface area (Å²) in [5.41, 5.74) is 1.75. The lowest BCUT2D eigenvalue weighted by atomic mass is 10.1. The fourth-order valence-corrected chi connectivity index (χ4v) is 2.21. The molecule has 2 aromatic rings. The van der Waals surface area contributed by atoms with Gasteiger partial charge in [-0.15, -0.1) is 13.2 Å². The van der Waals surface area contributed by atoms with Gasteiger partial charge in [-0.3, -0.25) is 4.79 Å². The van der Waals surface area contributed by atoms with E-state index in [0.29, 0.717) is 11.1 Å². The quantitative estimate of drug-likeness (QED) is 0.823. The lowest BCUT2D eigenvalue weighted by Crippen LogP contribution is -2.28. The largest absolute Gasteiger partial charge is 0.573 e. The molecule has 2 N–H and O–H groups in total. The second-order valence-electron chi connectivity index (χ2n) is 5.78. The molecule has 0 heterocycles. The van der Waals surface area contributed by atoms with E-state index in [1.165, 1.54) is 12.1 Å². The fourth-order valence-electron chi connectivity index (χ4n) is 2.21. The van der Waals surface area contributed by atoms with Crippen LogP contribution in [0.15, 0.2) is 48.5 Å². The van der Waals surface area contributed by atoms with Crippen LogP contribution in [0.3, 0.4) is 0 Å². The highest BCUT2D eigenvalue weighted by molar-refractivity contribution is 5.94. The number of carbonyl (C=O) groups is 1. The monoisotopic (exact) mass is 368 g/mol. The number of hydrogen-bond acceptors (Lipinski definition) is 4. The average Bonchev–Trinajstić information content (AvgIpc) is 2.58. The lowest BCUT2D eigenvalue weighted by molar-refractivity contribution is -0.274. The van der Waals surface area contributed by atoms with Gasteiger partial charge in [-0.2, -0.15) is 0 Å². The molecule has 5 nitrogen and oxygen atoms in total. The number of amides is 1. The van der Waals surface area contributed by atoms with Crippen LogP contribution < -0.4 is 15.0 Å². The second kappa shape index (κ2) is 8.09. The van der Waals surface area contributed by atoms with Gasteiger partial charge in [-0.1, -0.05) is 12.1 Å². The van der Waals surface area contributed by atoms with Crippen molar-refractivity contribution in [3.05, 3.63) is 59.7 Å². The molecule has 0 spiro atoms. The van der Waals surface area contributed by atoms with E-state index in [2.05, 4.69) is 10.1 Å². The molecule has 0 aromatic heterocycles. The van der Waals surface area contributed by atoms with Crippen molar-refractivity contribution in [3.63, 3.8) is 0 Å². The van der Waals surface area contributed by atoms with Crippen molar-refractivity contribution in [1.82, 2.24) is 5.32 Å². The minimum Gasteiger partial charge on any atom is -0.406 e. The van der Waals surface area contributed by atoms with E-state index < -0.39 is 12.5 Å². The number of carbonyl (C=O) groups excluding carboxylic acids is 1. The van der Waals surface area contributed by atoms with Crippen LogP contribution in [0.4, 0.5) is 18.9 Å². The van der Waals surface area contributed by atoms with E-state index in [-0.39, 0.29) is 18.2 Å². The molecule has 0 saturated carbocycles. The number of alkyl halides is 3. The molecule has 1 atom stereocenters. The van der Waals surface area contributed by atoms with Crippen LogP contribution in [0.2, 0.25) is 0 Å². The smallest absolute Gasteiger partial charge is 0.406 e. The van der Waals surface area contributed by atoms with Gasteiger partial charge >= 0.3 is 6.36 Å². The molecule has 8 heteroatoms. The van der Waals surface area contributed by atoms with Crippen LogP contribution in [0.5, 0.6) is 5.75 Å². The molecular weight excluding hydrogens is 349 g/mol. The van der Waals surface area contributed by atoms with Crippen molar-refractivity contribution in [2.45, 2.75) is 12.5 Å². The standard InChI is InChI=1S/C18H19F3N2O3/c1-23(2)14-7-3-13(4-8-14)17(25)22-11-16(24)12-5-9-15(10-6-12)26-18(19,20)21/h3-10,16,24H,11H2,1-2H3,(H,22,25). The molecular formula is C18H19F3N2O3. The summed E-state index contributed by atoms with van der Waals surface area (Å²) in [5.74, 6) is -0.732. The Kier molecular flexibility index (Phi) is 6.10. The maximum Gasteiger partial charge on any atom is 0.573 e. The number of halogens is 3. The van der Waals surface area contributed by atoms with E-state index in [1.807, 2.05) is 19.0 Å². The Balaban J connectivity index is 1.91. The lowest BCUT2D eigenvalue weighted by Gasteiger charge is -2.15. The first-order valence-corrected chi connectivity index (χ1v) is 7.75. The minimum atomic E-state index is -4.77. The average molecular weight is 368 g/mol. The summed E-state index contributed by atoms with van der Waals surface area (Å²) in [7, 11) is 3.77. The van der Waals surface area contributed by atoms with Gasteiger partial charge < -0.3 is 20.1 Å². The third-order valence-electron chi connectivity index (χ3n) is 3.60. The number of rotatable bonds is 6. The molecule has 0 aliphatic rings. The van der Waals surface area contributed by atoms with Gasteiger partial charge in [0.15, 0.2) is 0 Å². The molecule has 1 amide bonds. The highest BCUT2D eigenvalue weighted by atomic mass is 19.4. The highest BCUT2D eigenvalue weighted by Gasteiger charge is 2.31. The van der Waals surface area contributed by atoms with E-state index >= 15 is 0 Å². The molecule has 0 fully saturated rings. The molecule has 0 saturated heterocycles. The van der Waals surface area contributed by atoms with Gasteiger partial charge in [0.05, 0.1) is 6.10 Å². The molecule has 0 aliphatic carbocycles. The first-order chi connectivity index (χ1) is 12.2. The van der Waals surface area contributed by atoms with Crippen molar-refractivity contribution in [1.29, 1.82) is 0 Å². The van der Waals surface area contributed by atoms with E-state index in [0.717, 1.165) is 17.8 Å². The SMILES string of the molecule is CN(C)c1ccc(C(=O)NCC(O)c2ccc(OC(F)(F)F)cc2)cc1. The summed E-state index contributed by atoms with van der Waals surface area (Å²) in [6.45, 7) is -0.0757. The zero-order valence-electron chi connectivity index (χ0n) is 14.2. The zero-order valence-corrected chi connectivity index (χ0v) is 14.2. The van der Waals surface area contributed by atoms with Crippen molar-refractivity contribution in [2.75, 3.05) is 25.5 Å². The predicted octanol–water partition coefficient (Wildman–Crippen LogP) is 3.11. The van der Waals surface area contributed by atoms with Crippen LogP contribution in [-0.2, 0) is 0 Å². The Morgan fingerprint density at radius 1 is 1.12 bits per heavy atom. The number of aliphatic hydroxyl groups is 1. The van der Waals surface area contributed by atoms with Crippen LogP contribution in [0, 0.1) is 0 Å². The van der Waals surface area contributed by atoms with Gasteiger partial charge in [0, 0.05) is 31.9 Å². The van der Waals surface area contributed by atoms with E-state index in [4.69, 9.17) is 0 Å². The first kappa shape index (κ1) is 19.6. The minimum absolute atomic E-state index is 0.0757. The third-order valence-corrected chi connectivity index (χ3v) is 3.60. The van der Waals surface area contributed by atoms with Crippen molar-refractivity contribution >= 4 is 11.6 Å². The predicted molar refractivity (Wildman–Crippen MR) is 91.2 cm³/mol. The number of hydrogen-bond donors (Lipinski definition) is 2. The number of benzene rings is 2. The molecule has 1 unspecified atom stereocenters. The van der Waals surface area contributed by atoms with Crippen LogP contribution in [0.25, 0.3) is 0 Å². The summed E-state index contributed by atoms with van der Waals surface area (Å²) >= 11 is 0. The number of ether oxygens (including phenoxy) is 1. The molecule has 2 rings (SSSR count). The normalized spacial score (nSPS) is 12.4. The molecule has 0 bridgehead atoms. The molecule has 140 valence electrons. The molecule has 0 radical (unpaired) electrons. The first-order valence-electron chi connectivity index (χ1n) is 7.75. The van der Waals surface area contributed by atoms with Crippen LogP contribution >= 0.6 is 0 Å². The topological polar surface area (TPSA) is 61.8 Å². The molecule has 2 aromatic carbocycles.